The van der Waals surface area contributed by atoms with Crippen LogP contribution in [0, 0.1) is 6.92 Å². The first-order valence-electron chi connectivity index (χ1n) is 4.81. The fraction of sp³-hybridized carbons (Fsp3) is 0.455. The molecule has 0 saturated carbocycles. The minimum absolute atomic E-state index is 0.0788. The standard InChI is InChI=1S/C11H13NO2/c1-8-2-4-12-7-10(8)11-6-9(13)3-5-14-11/h2,4,7,11H,3,5-6H2,1H3. The van der Waals surface area contributed by atoms with Crippen LogP contribution in [-0.2, 0) is 9.53 Å². The van der Waals surface area contributed by atoms with Crippen LogP contribution in [0.3, 0.4) is 0 Å². The molecule has 0 aromatic carbocycles. The molecular weight excluding hydrogens is 178 g/mol. The molecule has 3 nitrogen and oxygen atoms in total. The van der Waals surface area contributed by atoms with Gasteiger partial charge in [0.15, 0.2) is 0 Å². The van der Waals surface area contributed by atoms with E-state index in [1.165, 1.54) is 0 Å². The number of pyridine rings is 1. The minimum atomic E-state index is -0.0788. The van der Waals surface area contributed by atoms with Gasteiger partial charge in [0, 0.05) is 30.8 Å². The molecule has 1 aliphatic rings. The molecule has 1 unspecified atom stereocenters. The highest BCUT2D eigenvalue weighted by atomic mass is 16.5. The lowest BCUT2D eigenvalue weighted by Crippen LogP contribution is -2.20. The summed E-state index contributed by atoms with van der Waals surface area (Å²) >= 11 is 0. The van der Waals surface area contributed by atoms with Crippen LogP contribution in [0.1, 0.15) is 30.1 Å². The Kier molecular flexibility index (Phi) is 2.59. The molecule has 0 amide bonds. The van der Waals surface area contributed by atoms with Crippen molar-refractivity contribution < 1.29 is 9.53 Å². The highest BCUT2D eigenvalue weighted by molar-refractivity contribution is 5.79. The maximum atomic E-state index is 11.3. The second-order valence-electron chi connectivity index (χ2n) is 3.58. The molecule has 74 valence electrons. The van der Waals surface area contributed by atoms with Gasteiger partial charge >= 0.3 is 0 Å². The SMILES string of the molecule is Cc1ccncc1C1CC(=O)CCO1. The second-order valence-corrected chi connectivity index (χ2v) is 3.58. The predicted octanol–water partition coefficient (Wildman–Crippen LogP) is 1.81. The summed E-state index contributed by atoms with van der Waals surface area (Å²) in [7, 11) is 0. The van der Waals surface area contributed by atoms with Crippen LogP contribution in [0.15, 0.2) is 18.5 Å². The van der Waals surface area contributed by atoms with Gasteiger partial charge in [-0.05, 0) is 18.6 Å². The van der Waals surface area contributed by atoms with E-state index in [2.05, 4.69) is 4.98 Å². The molecule has 1 saturated heterocycles. The summed E-state index contributed by atoms with van der Waals surface area (Å²) in [5, 5.41) is 0. The largest absolute Gasteiger partial charge is 0.373 e. The van der Waals surface area contributed by atoms with E-state index < -0.39 is 0 Å². The van der Waals surface area contributed by atoms with Crippen LogP contribution in [-0.4, -0.2) is 17.4 Å². The summed E-state index contributed by atoms with van der Waals surface area (Å²) in [4.78, 5) is 15.3. The van der Waals surface area contributed by atoms with E-state index in [4.69, 9.17) is 4.74 Å². The van der Waals surface area contributed by atoms with Gasteiger partial charge in [-0.3, -0.25) is 9.78 Å². The van der Waals surface area contributed by atoms with Crippen molar-refractivity contribution in [3.63, 3.8) is 0 Å². The predicted molar refractivity (Wildman–Crippen MR) is 51.9 cm³/mol. The molecule has 0 aliphatic carbocycles. The highest BCUT2D eigenvalue weighted by Gasteiger charge is 2.22. The van der Waals surface area contributed by atoms with E-state index in [0.29, 0.717) is 19.4 Å². The smallest absolute Gasteiger partial charge is 0.138 e. The summed E-state index contributed by atoms with van der Waals surface area (Å²) < 4.78 is 5.55. The second kappa shape index (κ2) is 3.88. The van der Waals surface area contributed by atoms with Crippen LogP contribution in [0.2, 0.25) is 0 Å². The Hall–Kier alpha value is -1.22. The maximum absolute atomic E-state index is 11.3. The number of ether oxygens (including phenoxy) is 1. The lowest BCUT2D eigenvalue weighted by atomic mass is 9.99. The van der Waals surface area contributed by atoms with Crippen molar-refractivity contribution in [2.24, 2.45) is 0 Å². The number of aromatic nitrogens is 1. The fourth-order valence-corrected chi connectivity index (χ4v) is 1.70. The Balaban J connectivity index is 2.22. The van der Waals surface area contributed by atoms with Gasteiger partial charge in [0.05, 0.1) is 12.7 Å². The normalized spacial score (nSPS) is 22.4. The van der Waals surface area contributed by atoms with E-state index >= 15 is 0 Å². The van der Waals surface area contributed by atoms with Gasteiger partial charge < -0.3 is 4.74 Å². The van der Waals surface area contributed by atoms with Crippen LogP contribution in [0.25, 0.3) is 0 Å². The molecule has 0 N–H and O–H groups in total. The van der Waals surface area contributed by atoms with Crippen molar-refractivity contribution in [2.75, 3.05) is 6.61 Å². The molecular formula is C11H13NO2. The molecule has 2 rings (SSSR count). The zero-order valence-electron chi connectivity index (χ0n) is 8.19. The molecule has 2 heterocycles. The summed E-state index contributed by atoms with van der Waals surface area (Å²) in [6.07, 6.45) is 4.51. The first-order valence-corrected chi connectivity index (χ1v) is 4.81. The van der Waals surface area contributed by atoms with E-state index in [0.717, 1.165) is 11.1 Å². The van der Waals surface area contributed by atoms with E-state index in [-0.39, 0.29) is 11.9 Å². The van der Waals surface area contributed by atoms with Gasteiger partial charge in [-0.1, -0.05) is 0 Å². The lowest BCUT2D eigenvalue weighted by Gasteiger charge is -2.22. The van der Waals surface area contributed by atoms with Crippen LogP contribution >= 0.6 is 0 Å². The highest BCUT2D eigenvalue weighted by Crippen LogP contribution is 2.27. The van der Waals surface area contributed by atoms with E-state index in [1.807, 2.05) is 13.0 Å². The molecule has 3 heteroatoms. The first-order chi connectivity index (χ1) is 6.77. The number of nitrogens with zero attached hydrogens (tertiary/aromatic N) is 1. The van der Waals surface area contributed by atoms with Crippen LogP contribution in [0.4, 0.5) is 0 Å². The minimum Gasteiger partial charge on any atom is -0.373 e. The monoisotopic (exact) mass is 191 g/mol. The van der Waals surface area contributed by atoms with Gasteiger partial charge in [0.25, 0.3) is 0 Å². The van der Waals surface area contributed by atoms with Gasteiger partial charge in [-0.15, -0.1) is 0 Å². The number of hydrogen-bond acceptors (Lipinski definition) is 3. The van der Waals surface area contributed by atoms with E-state index in [9.17, 15) is 4.79 Å². The third-order valence-electron chi connectivity index (χ3n) is 2.54. The number of carbonyl (C=O) groups is 1. The Labute approximate surface area is 83.1 Å². The number of carbonyl (C=O) groups excluding carboxylic acids is 1. The van der Waals surface area contributed by atoms with Crippen molar-refractivity contribution in [3.05, 3.63) is 29.6 Å². The van der Waals surface area contributed by atoms with Crippen molar-refractivity contribution in [3.8, 4) is 0 Å². The number of aryl methyl sites for hydroxylation is 1. The fourth-order valence-electron chi connectivity index (χ4n) is 1.70. The van der Waals surface area contributed by atoms with Crippen molar-refractivity contribution >= 4 is 5.78 Å². The molecule has 14 heavy (non-hydrogen) atoms. The third kappa shape index (κ3) is 1.82. The molecule has 1 fully saturated rings. The number of Topliss-reactive ketones (excluding diaryl/α,β-unsaturated/α-hetero) is 1. The Morgan fingerprint density at radius 1 is 1.57 bits per heavy atom. The molecule has 1 aromatic rings. The summed E-state index contributed by atoms with van der Waals surface area (Å²) in [5.74, 6) is 0.282. The molecule has 1 aliphatic heterocycles. The Bertz CT molecular complexity index is 349. The summed E-state index contributed by atoms with van der Waals surface area (Å²) in [6, 6.07) is 1.94. The van der Waals surface area contributed by atoms with Gasteiger partial charge in [-0.2, -0.15) is 0 Å². The third-order valence-corrected chi connectivity index (χ3v) is 2.54. The van der Waals surface area contributed by atoms with Gasteiger partial charge in [0.1, 0.15) is 5.78 Å². The Morgan fingerprint density at radius 2 is 2.43 bits per heavy atom. The topological polar surface area (TPSA) is 39.2 Å². The van der Waals surface area contributed by atoms with E-state index in [1.54, 1.807) is 12.4 Å². The number of ketones is 1. The van der Waals surface area contributed by atoms with Crippen LogP contribution < -0.4 is 0 Å². The zero-order valence-corrected chi connectivity index (χ0v) is 8.19. The maximum Gasteiger partial charge on any atom is 0.138 e. The number of rotatable bonds is 1. The summed E-state index contributed by atoms with van der Waals surface area (Å²) in [6.45, 7) is 2.55. The molecule has 0 radical (unpaired) electrons. The first kappa shape index (κ1) is 9.34. The van der Waals surface area contributed by atoms with Gasteiger partial charge in [-0.25, -0.2) is 0 Å². The van der Waals surface area contributed by atoms with Crippen molar-refractivity contribution in [1.29, 1.82) is 0 Å². The molecule has 0 spiro atoms. The quantitative estimate of drug-likeness (QED) is 0.679. The molecule has 1 aromatic heterocycles. The molecule has 0 bridgehead atoms. The van der Waals surface area contributed by atoms with Crippen molar-refractivity contribution in [1.82, 2.24) is 4.98 Å². The number of hydrogen-bond donors (Lipinski definition) is 0. The average Bonchev–Trinajstić information content (AvgIpc) is 2.18. The van der Waals surface area contributed by atoms with Crippen molar-refractivity contribution in [2.45, 2.75) is 25.9 Å². The average molecular weight is 191 g/mol. The lowest BCUT2D eigenvalue weighted by molar-refractivity contribution is -0.128. The zero-order chi connectivity index (χ0) is 9.97. The van der Waals surface area contributed by atoms with Crippen LogP contribution in [0.5, 0.6) is 0 Å². The summed E-state index contributed by atoms with van der Waals surface area (Å²) in [5.41, 5.74) is 2.18. The molecule has 1 atom stereocenters. The van der Waals surface area contributed by atoms with Gasteiger partial charge in [0.2, 0.25) is 0 Å². The Morgan fingerprint density at radius 3 is 3.14 bits per heavy atom.